The van der Waals surface area contributed by atoms with Crippen molar-refractivity contribution >= 4 is 17.7 Å². The minimum Gasteiger partial charge on any atom is -0.461 e. The van der Waals surface area contributed by atoms with Crippen molar-refractivity contribution in [2.24, 2.45) is 0 Å². The number of aromatic nitrogens is 3. The number of hydrogen-bond acceptors (Lipinski definition) is 9. The van der Waals surface area contributed by atoms with E-state index in [1.54, 1.807) is 49.3 Å². The van der Waals surface area contributed by atoms with E-state index in [2.05, 4.69) is 15.0 Å². The van der Waals surface area contributed by atoms with Crippen molar-refractivity contribution in [3.63, 3.8) is 0 Å². The topological polar surface area (TPSA) is 111 Å². The van der Waals surface area contributed by atoms with Gasteiger partial charge in [-0.05, 0) is 31.2 Å². The molecule has 0 radical (unpaired) electrons. The van der Waals surface area contributed by atoms with Crippen LogP contribution in [0.4, 0.5) is 5.82 Å². The fourth-order valence-corrected chi connectivity index (χ4v) is 2.73. The SMILES string of the molecule is CCOC(=O)c1ncoc1-c1ccc(Oc2cncc(N(C)CCN(C)C(C)=O)n2)cc1. The molecular weight excluding hydrogens is 414 g/mol. The van der Waals surface area contributed by atoms with Gasteiger partial charge in [-0.25, -0.2) is 9.78 Å². The van der Waals surface area contributed by atoms with E-state index in [1.807, 2.05) is 11.9 Å². The Morgan fingerprint density at radius 2 is 1.84 bits per heavy atom. The maximum absolute atomic E-state index is 12.0. The number of carbonyl (C=O) groups is 2. The van der Waals surface area contributed by atoms with Crippen LogP contribution >= 0.6 is 0 Å². The molecule has 0 aliphatic heterocycles. The number of hydrogen-bond donors (Lipinski definition) is 0. The summed E-state index contributed by atoms with van der Waals surface area (Å²) in [4.78, 5) is 39.5. The quantitative estimate of drug-likeness (QED) is 0.465. The molecule has 32 heavy (non-hydrogen) atoms. The highest BCUT2D eigenvalue weighted by atomic mass is 16.5. The lowest BCUT2D eigenvalue weighted by Crippen LogP contribution is -2.33. The van der Waals surface area contributed by atoms with Gasteiger partial charge in [0.25, 0.3) is 0 Å². The number of oxazole rings is 1. The summed E-state index contributed by atoms with van der Waals surface area (Å²) in [6, 6.07) is 6.96. The number of ether oxygens (including phenoxy) is 2. The molecule has 0 fully saturated rings. The van der Waals surface area contributed by atoms with Gasteiger partial charge < -0.3 is 23.7 Å². The van der Waals surface area contributed by atoms with E-state index in [4.69, 9.17) is 13.9 Å². The standard InChI is InChI=1S/C22H25N5O5/c1-5-30-22(29)20-21(31-14-24-20)16-6-8-17(9-7-16)32-19-13-23-12-18(25-19)27(4)11-10-26(3)15(2)28/h6-9,12-14H,5,10-11H2,1-4H3. The lowest BCUT2D eigenvalue weighted by molar-refractivity contribution is -0.127. The van der Waals surface area contributed by atoms with E-state index in [0.29, 0.717) is 41.9 Å². The Bertz CT molecular complexity index is 1070. The highest BCUT2D eigenvalue weighted by molar-refractivity contribution is 5.93. The van der Waals surface area contributed by atoms with E-state index >= 15 is 0 Å². The summed E-state index contributed by atoms with van der Waals surface area (Å²) in [6.45, 7) is 4.67. The zero-order chi connectivity index (χ0) is 23.1. The summed E-state index contributed by atoms with van der Waals surface area (Å²) >= 11 is 0. The van der Waals surface area contributed by atoms with Gasteiger partial charge in [0.15, 0.2) is 23.7 Å². The average Bonchev–Trinajstić information content (AvgIpc) is 3.28. The molecule has 3 aromatic rings. The molecule has 2 aromatic heterocycles. The predicted molar refractivity (Wildman–Crippen MR) is 117 cm³/mol. The molecule has 1 aromatic carbocycles. The van der Waals surface area contributed by atoms with Crippen LogP contribution in [-0.4, -0.2) is 65.5 Å². The van der Waals surface area contributed by atoms with Crippen LogP contribution in [0.15, 0.2) is 47.5 Å². The number of rotatable bonds is 9. The number of esters is 1. The third-order valence-electron chi connectivity index (χ3n) is 4.67. The fourth-order valence-electron chi connectivity index (χ4n) is 2.73. The highest BCUT2D eigenvalue weighted by Crippen LogP contribution is 2.28. The normalized spacial score (nSPS) is 10.5. The van der Waals surface area contributed by atoms with Crippen LogP contribution in [0.2, 0.25) is 0 Å². The maximum Gasteiger partial charge on any atom is 0.360 e. The molecular formula is C22H25N5O5. The summed E-state index contributed by atoms with van der Waals surface area (Å²) in [6.07, 6.45) is 4.35. The number of benzene rings is 1. The second kappa shape index (κ2) is 10.4. The Hall–Kier alpha value is -3.95. The summed E-state index contributed by atoms with van der Waals surface area (Å²) in [7, 11) is 3.62. The molecule has 0 bridgehead atoms. The Balaban J connectivity index is 1.68. The van der Waals surface area contributed by atoms with Crippen LogP contribution in [0.3, 0.4) is 0 Å². The van der Waals surface area contributed by atoms with Gasteiger partial charge in [-0.3, -0.25) is 9.78 Å². The van der Waals surface area contributed by atoms with Crippen molar-refractivity contribution in [2.45, 2.75) is 13.8 Å². The number of amides is 1. The molecule has 0 unspecified atom stereocenters. The number of likely N-dealkylation sites (N-methyl/N-ethyl adjacent to an activating group) is 2. The molecule has 0 saturated heterocycles. The third-order valence-corrected chi connectivity index (χ3v) is 4.67. The zero-order valence-corrected chi connectivity index (χ0v) is 18.4. The summed E-state index contributed by atoms with van der Waals surface area (Å²) in [5.74, 6) is 1.28. The van der Waals surface area contributed by atoms with Gasteiger partial charge in [0, 0.05) is 39.7 Å². The summed E-state index contributed by atoms with van der Waals surface area (Å²) in [5.41, 5.74) is 0.782. The molecule has 168 valence electrons. The van der Waals surface area contributed by atoms with Crippen molar-refractivity contribution in [2.75, 3.05) is 38.7 Å². The summed E-state index contributed by atoms with van der Waals surface area (Å²) < 4.78 is 16.2. The first-order valence-electron chi connectivity index (χ1n) is 10.0. The lowest BCUT2D eigenvalue weighted by Gasteiger charge is -2.22. The van der Waals surface area contributed by atoms with Crippen molar-refractivity contribution < 1.29 is 23.5 Å². The minimum absolute atomic E-state index is 0.00437. The van der Waals surface area contributed by atoms with Gasteiger partial charge in [-0.15, -0.1) is 0 Å². The second-order valence-electron chi connectivity index (χ2n) is 6.95. The van der Waals surface area contributed by atoms with E-state index in [9.17, 15) is 9.59 Å². The van der Waals surface area contributed by atoms with E-state index in [1.165, 1.54) is 19.5 Å². The first kappa shape index (κ1) is 22.7. The third kappa shape index (κ3) is 5.60. The van der Waals surface area contributed by atoms with E-state index in [-0.39, 0.29) is 18.2 Å². The maximum atomic E-state index is 12.0. The van der Waals surface area contributed by atoms with Gasteiger partial charge in [0.1, 0.15) is 5.75 Å². The van der Waals surface area contributed by atoms with Crippen molar-refractivity contribution in [1.82, 2.24) is 19.9 Å². The van der Waals surface area contributed by atoms with E-state index < -0.39 is 5.97 Å². The molecule has 0 saturated carbocycles. The summed E-state index contributed by atoms with van der Waals surface area (Å²) in [5, 5.41) is 0. The van der Waals surface area contributed by atoms with Crippen LogP contribution in [-0.2, 0) is 9.53 Å². The molecule has 3 rings (SSSR count). The molecule has 10 nitrogen and oxygen atoms in total. The van der Waals surface area contributed by atoms with Crippen LogP contribution in [0.25, 0.3) is 11.3 Å². The first-order chi connectivity index (χ1) is 15.4. The largest absolute Gasteiger partial charge is 0.461 e. The average molecular weight is 439 g/mol. The van der Waals surface area contributed by atoms with Gasteiger partial charge in [0.05, 0.1) is 19.0 Å². The van der Waals surface area contributed by atoms with Crippen molar-refractivity contribution in [3.05, 3.63) is 48.7 Å². The van der Waals surface area contributed by atoms with Crippen LogP contribution in [0, 0.1) is 0 Å². The van der Waals surface area contributed by atoms with Crippen LogP contribution in [0.1, 0.15) is 24.3 Å². The molecule has 0 aliphatic rings. The van der Waals surface area contributed by atoms with Gasteiger partial charge in [-0.1, -0.05) is 0 Å². The monoisotopic (exact) mass is 439 g/mol. The highest BCUT2D eigenvalue weighted by Gasteiger charge is 2.19. The predicted octanol–water partition coefficient (Wildman–Crippen LogP) is 3.02. The molecule has 0 aliphatic carbocycles. The molecule has 0 spiro atoms. The molecule has 0 atom stereocenters. The fraction of sp³-hybridized carbons (Fsp3) is 0.318. The molecule has 2 heterocycles. The minimum atomic E-state index is -0.540. The van der Waals surface area contributed by atoms with Gasteiger partial charge in [0.2, 0.25) is 11.8 Å². The van der Waals surface area contributed by atoms with Gasteiger partial charge >= 0.3 is 5.97 Å². The number of carbonyl (C=O) groups excluding carboxylic acids is 2. The van der Waals surface area contributed by atoms with Crippen LogP contribution < -0.4 is 9.64 Å². The Kier molecular flexibility index (Phi) is 7.37. The van der Waals surface area contributed by atoms with Crippen molar-refractivity contribution in [1.29, 1.82) is 0 Å². The number of nitrogens with zero attached hydrogens (tertiary/aromatic N) is 5. The van der Waals surface area contributed by atoms with Crippen molar-refractivity contribution in [3.8, 4) is 23.0 Å². The lowest BCUT2D eigenvalue weighted by atomic mass is 10.1. The Morgan fingerprint density at radius 3 is 2.53 bits per heavy atom. The smallest absolute Gasteiger partial charge is 0.360 e. The molecule has 10 heteroatoms. The molecule has 1 amide bonds. The van der Waals surface area contributed by atoms with E-state index in [0.717, 1.165) is 0 Å². The second-order valence-corrected chi connectivity index (χ2v) is 6.95. The number of anilines is 1. The van der Waals surface area contributed by atoms with Crippen LogP contribution in [0.5, 0.6) is 11.6 Å². The Labute approximate surface area is 185 Å². The van der Waals surface area contributed by atoms with Gasteiger partial charge in [-0.2, -0.15) is 4.98 Å². The molecule has 0 N–H and O–H groups in total. The first-order valence-corrected chi connectivity index (χ1v) is 10.0. The zero-order valence-electron chi connectivity index (χ0n) is 18.4. The Morgan fingerprint density at radius 1 is 1.09 bits per heavy atom.